The molecule has 0 saturated carbocycles. The van der Waals surface area contributed by atoms with Crippen LogP contribution >= 0.6 is 0 Å². The lowest BCUT2D eigenvalue weighted by Gasteiger charge is -2.14. The first-order chi connectivity index (χ1) is 13.2. The molecule has 1 aromatic heterocycles. The van der Waals surface area contributed by atoms with Gasteiger partial charge in [-0.05, 0) is 51.9 Å². The van der Waals surface area contributed by atoms with Gasteiger partial charge in [0.1, 0.15) is 5.75 Å². The number of nitrogens with zero attached hydrogens (tertiary/aromatic N) is 1. The van der Waals surface area contributed by atoms with E-state index in [-0.39, 0.29) is 0 Å². The van der Waals surface area contributed by atoms with Crippen molar-refractivity contribution in [3.05, 3.63) is 72.6 Å². The molecule has 4 rings (SSSR count). The van der Waals surface area contributed by atoms with Crippen LogP contribution in [0.5, 0.6) is 17.2 Å². The molecule has 3 aromatic carbocycles. The Morgan fingerprint density at radius 1 is 0.704 bits per heavy atom. The fourth-order valence-corrected chi connectivity index (χ4v) is 3.52. The third kappa shape index (κ3) is 3.14. The topological polar surface area (TPSA) is 31.6 Å². The van der Waals surface area contributed by atoms with Crippen LogP contribution in [0.2, 0.25) is 0 Å². The first kappa shape index (κ1) is 17.2. The second kappa shape index (κ2) is 7.16. The minimum Gasteiger partial charge on any atom is -0.497 e. The van der Waals surface area contributed by atoms with Gasteiger partial charge in [0.05, 0.1) is 21.3 Å². The van der Waals surface area contributed by atoms with Gasteiger partial charge in [-0.15, -0.1) is 0 Å². The highest BCUT2D eigenvalue weighted by molar-refractivity contribution is 6.10. The molecule has 0 spiro atoms. The Morgan fingerprint density at radius 3 is 2.07 bits per heavy atom. The maximum Gasteiger partial charge on any atom is 0.174 e. The molecule has 0 aliphatic rings. The zero-order valence-corrected chi connectivity index (χ0v) is 15.7. The van der Waals surface area contributed by atoms with Gasteiger partial charge in [-0.25, -0.2) is 4.57 Å². The average molecular weight is 360 g/mol. The Bertz CT molecular complexity index is 1110. The normalized spacial score (nSPS) is 10.9. The fraction of sp³-hybridized carbons (Fsp3) is 0.174. The van der Waals surface area contributed by atoms with Crippen molar-refractivity contribution in [3.8, 4) is 17.2 Å². The van der Waals surface area contributed by atoms with Crippen LogP contribution in [0.4, 0.5) is 0 Å². The molecule has 136 valence electrons. The molecule has 0 N–H and O–H groups in total. The Morgan fingerprint density at radius 2 is 1.41 bits per heavy atom. The van der Waals surface area contributed by atoms with E-state index in [2.05, 4.69) is 47.3 Å². The van der Waals surface area contributed by atoms with E-state index in [0.717, 1.165) is 40.0 Å². The first-order valence-electron chi connectivity index (χ1n) is 8.83. The molecule has 0 amide bonds. The summed E-state index contributed by atoms with van der Waals surface area (Å²) >= 11 is 0. The maximum atomic E-state index is 5.55. The fourth-order valence-electron chi connectivity index (χ4n) is 3.52. The highest BCUT2D eigenvalue weighted by atomic mass is 16.5. The summed E-state index contributed by atoms with van der Waals surface area (Å²) in [7, 11) is 5.02. The van der Waals surface area contributed by atoms with Crippen LogP contribution in [0.25, 0.3) is 21.5 Å². The third-order valence-corrected chi connectivity index (χ3v) is 4.88. The van der Waals surface area contributed by atoms with Crippen LogP contribution in [0, 0.1) is 0 Å². The highest BCUT2D eigenvalue weighted by Gasteiger charge is 2.15. The molecule has 0 saturated heterocycles. The van der Waals surface area contributed by atoms with Gasteiger partial charge in [0.15, 0.2) is 30.4 Å². The summed E-state index contributed by atoms with van der Waals surface area (Å²) in [4.78, 5) is 0. The van der Waals surface area contributed by atoms with E-state index in [0.29, 0.717) is 0 Å². The molecule has 0 radical (unpaired) electrons. The number of fused-ring (bicyclic) bond motifs is 3. The smallest absolute Gasteiger partial charge is 0.174 e. The minimum atomic E-state index is 0.721. The van der Waals surface area contributed by atoms with Gasteiger partial charge in [0.2, 0.25) is 0 Å². The number of rotatable bonds is 5. The van der Waals surface area contributed by atoms with Crippen molar-refractivity contribution < 1.29 is 18.8 Å². The summed E-state index contributed by atoms with van der Waals surface area (Å²) < 4.78 is 18.7. The third-order valence-electron chi connectivity index (χ3n) is 4.88. The van der Waals surface area contributed by atoms with E-state index in [4.69, 9.17) is 14.2 Å². The van der Waals surface area contributed by atoms with Crippen molar-refractivity contribution in [1.82, 2.24) is 0 Å². The molecule has 0 aliphatic carbocycles. The largest absolute Gasteiger partial charge is 0.497 e. The lowest BCUT2D eigenvalue weighted by molar-refractivity contribution is -0.688. The molecule has 0 aliphatic heterocycles. The van der Waals surface area contributed by atoms with Gasteiger partial charge in [-0.2, -0.15) is 0 Å². The second-order valence-corrected chi connectivity index (χ2v) is 6.42. The van der Waals surface area contributed by atoms with Crippen molar-refractivity contribution in [2.45, 2.75) is 6.54 Å². The van der Waals surface area contributed by atoms with Gasteiger partial charge < -0.3 is 14.2 Å². The van der Waals surface area contributed by atoms with E-state index in [9.17, 15) is 0 Å². The molecule has 1 heterocycles. The molecule has 0 bridgehead atoms. The van der Waals surface area contributed by atoms with Crippen LogP contribution in [-0.4, -0.2) is 21.3 Å². The van der Waals surface area contributed by atoms with E-state index in [1.807, 2.05) is 24.3 Å². The summed E-state index contributed by atoms with van der Waals surface area (Å²) in [5.41, 5.74) is 1.22. The Balaban J connectivity index is 2.03. The molecule has 27 heavy (non-hydrogen) atoms. The Kier molecular flexibility index (Phi) is 4.55. The zero-order chi connectivity index (χ0) is 18.8. The first-order valence-corrected chi connectivity index (χ1v) is 8.83. The van der Waals surface area contributed by atoms with Gasteiger partial charge in [0, 0.05) is 17.7 Å². The molecule has 0 atom stereocenters. The van der Waals surface area contributed by atoms with Gasteiger partial charge >= 0.3 is 0 Å². The number of hydrogen-bond donors (Lipinski definition) is 0. The number of hydrogen-bond acceptors (Lipinski definition) is 3. The van der Waals surface area contributed by atoms with Crippen molar-refractivity contribution in [3.63, 3.8) is 0 Å². The van der Waals surface area contributed by atoms with Crippen LogP contribution in [0.15, 0.2) is 67.0 Å². The van der Waals surface area contributed by atoms with Crippen LogP contribution in [0.3, 0.4) is 0 Å². The second-order valence-electron chi connectivity index (χ2n) is 6.42. The lowest BCUT2D eigenvalue weighted by Crippen LogP contribution is -2.32. The monoisotopic (exact) mass is 360 g/mol. The number of methoxy groups -OCH3 is 3. The van der Waals surface area contributed by atoms with Gasteiger partial charge in [-0.1, -0.05) is 12.1 Å². The maximum absolute atomic E-state index is 5.55. The van der Waals surface area contributed by atoms with E-state index in [1.54, 1.807) is 21.3 Å². The molecule has 4 aromatic rings. The van der Waals surface area contributed by atoms with E-state index in [1.165, 1.54) is 10.9 Å². The summed E-state index contributed by atoms with van der Waals surface area (Å²) in [5.74, 6) is 2.29. The summed E-state index contributed by atoms with van der Waals surface area (Å²) in [5, 5.41) is 4.56. The van der Waals surface area contributed by atoms with Crippen LogP contribution in [0.1, 0.15) is 5.56 Å². The number of benzene rings is 3. The summed E-state index contributed by atoms with van der Waals surface area (Å²) in [6.45, 7) is 0.773. The predicted molar refractivity (Wildman–Crippen MR) is 107 cm³/mol. The van der Waals surface area contributed by atoms with Crippen LogP contribution in [-0.2, 0) is 6.54 Å². The Hall–Kier alpha value is -3.27. The minimum absolute atomic E-state index is 0.721. The molecular weight excluding hydrogens is 338 g/mol. The van der Waals surface area contributed by atoms with Gasteiger partial charge in [-0.3, -0.25) is 0 Å². The molecule has 4 nitrogen and oxygen atoms in total. The molecule has 0 unspecified atom stereocenters. The molecular formula is C23H22NO3+. The highest BCUT2D eigenvalue weighted by Crippen LogP contribution is 2.38. The SMILES string of the molecule is COc1ccc2cc(C[n+]3ccccc3)c3cc(OC)c(OC)cc3c2c1. The average Bonchev–Trinajstić information content (AvgIpc) is 2.73. The van der Waals surface area contributed by atoms with Gasteiger partial charge in [0.25, 0.3) is 0 Å². The van der Waals surface area contributed by atoms with Crippen molar-refractivity contribution >= 4 is 21.5 Å². The molecule has 0 fully saturated rings. The van der Waals surface area contributed by atoms with Crippen molar-refractivity contribution in [2.24, 2.45) is 0 Å². The standard InChI is InChI=1S/C23H22NO3/c1-25-18-8-7-16-11-17(15-24-9-5-4-6-10-24)20-13-22(26-2)23(27-3)14-21(20)19(16)12-18/h4-14H,15H2,1-3H3/q+1. The predicted octanol–water partition coefficient (Wildman–Crippen LogP) is 4.35. The summed E-state index contributed by atoms with van der Waals surface area (Å²) in [6, 6.07) is 18.6. The van der Waals surface area contributed by atoms with E-state index >= 15 is 0 Å². The Labute approximate surface area is 158 Å². The summed E-state index contributed by atoms with van der Waals surface area (Å²) in [6.07, 6.45) is 4.15. The zero-order valence-electron chi connectivity index (χ0n) is 15.7. The van der Waals surface area contributed by atoms with Crippen molar-refractivity contribution in [2.75, 3.05) is 21.3 Å². The lowest BCUT2D eigenvalue weighted by atomic mass is 9.96. The molecule has 4 heteroatoms. The number of pyridine rings is 1. The number of aromatic nitrogens is 1. The number of ether oxygens (including phenoxy) is 3. The van der Waals surface area contributed by atoms with E-state index < -0.39 is 0 Å². The quantitative estimate of drug-likeness (QED) is 0.392. The van der Waals surface area contributed by atoms with Crippen molar-refractivity contribution in [1.29, 1.82) is 0 Å². The van der Waals surface area contributed by atoms with Crippen LogP contribution < -0.4 is 18.8 Å².